The van der Waals surface area contributed by atoms with Gasteiger partial charge >= 0.3 is 0 Å². The van der Waals surface area contributed by atoms with Gasteiger partial charge in [-0.15, -0.1) is 0 Å². The molecule has 0 unspecified atom stereocenters. The first kappa shape index (κ1) is 21.0. The highest BCUT2D eigenvalue weighted by atomic mass is 19.2. The van der Waals surface area contributed by atoms with Crippen LogP contribution in [0.25, 0.3) is 0 Å². The van der Waals surface area contributed by atoms with Gasteiger partial charge < -0.3 is 4.90 Å². The topological polar surface area (TPSA) is 29.0 Å². The summed E-state index contributed by atoms with van der Waals surface area (Å²) in [4.78, 5) is 6.06. The Labute approximate surface area is 170 Å². The SMILES string of the molecule is Fc1nc(F)c(F)c([C@H]2CC[C@H](c3c(F)c(F)nc(F)c3F)N2c2ccccc2)c1F. The molecule has 1 fully saturated rings. The molecule has 2 atom stereocenters. The molecule has 0 bridgehead atoms. The fourth-order valence-electron chi connectivity index (χ4n) is 3.93. The van der Waals surface area contributed by atoms with E-state index in [1.54, 1.807) is 6.07 Å². The molecule has 3 aromatic rings. The molecule has 0 spiro atoms. The van der Waals surface area contributed by atoms with E-state index in [1.165, 1.54) is 24.3 Å². The van der Waals surface area contributed by atoms with Crippen LogP contribution in [0.4, 0.5) is 40.8 Å². The Morgan fingerprint density at radius 3 is 1.29 bits per heavy atom. The zero-order valence-electron chi connectivity index (χ0n) is 15.3. The van der Waals surface area contributed by atoms with Crippen molar-refractivity contribution >= 4 is 5.69 Å². The average Bonchev–Trinajstić information content (AvgIpc) is 3.16. The summed E-state index contributed by atoms with van der Waals surface area (Å²) < 4.78 is 113. The van der Waals surface area contributed by atoms with Crippen LogP contribution in [0.5, 0.6) is 0 Å². The molecule has 4 rings (SSSR count). The Balaban J connectivity index is 1.94. The van der Waals surface area contributed by atoms with Crippen LogP contribution < -0.4 is 4.90 Å². The minimum Gasteiger partial charge on any atom is -0.357 e. The van der Waals surface area contributed by atoms with E-state index in [-0.39, 0.29) is 18.5 Å². The number of anilines is 1. The summed E-state index contributed by atoms with van der Waals surface area (Å²) in [7, 11) is 0. The smallest absolute Gasteiger partial charge is 0.252 e. The van der Waals surface area contributed by atoms with Crippen molar-refractivity contribution in [2.75, 3.05) is 4.90 Å². The van der Waals surface area contributed by atoms with Gasteiger partial charge in [-0.05, 0) is 25.0 Å². The largest absolute Gasteiger partial charge is 0.357 e. The van der Waals surface area contributed by atoms with Crippen LogP contribution in [-0.2, 0) is 0 Å². The van der Waals surface area contributed by atoms with Gasteiger partial charge in [-0.1, -0.05) is 18.2 Å². The van der Waals surface area contributed by atoms with E-state index in [2.05, 4.69) is 9.97 Å². The average molecular weight is 445 g/mol. The van der Waals surface area contributed by atoms with Crippen LogP contribution in [0.15, 0.2) is 30.3 Å². The van der Waals surface area contributed by atoms with Gasteiger partial charge in [0.05, 0.1) is 23.2 Å². The number of nitrogens with zero attached hydrogens (tertiary/aromatic N) is 3. The summed E-state index contributed by atoms with van der Waals surface area (Å²) in [5.74, 6) is -14.7. The van der Waals surface area contributed by atoms with Crippen molar-refractivity contribution in [2.24, 2.45) is 0 Å². The van der Waals surface area contributed by atoms with Crippen molar-refractivity contribution in [3.63, 3.8) is 0 Å². The van der Waals surface area contributed by atoms with Gasteiger partial charge in [-0.25, -0.2) is 17.6 Å². The highest BCUT2D eigenvalue weighted by molar-refractivity contribution is 5.53. The normalized spacial score (nSPS) is 18.6. The summed E-state index contributed by atoms with van der Waals surface area (Å²) in [5, 5.41) is 0. The second-order valence-electron chi connectivity index (χ2n) is 6.82. The fraction of sp³-hybridized carbons (Fsp3) is 0.200. The highest BCUT2D eigenvalue weighted by Crippen LogP contribution is 2.49. The lowest BCUT2D eigenvalue weighted by atomic mass is 10.0. The highest BCUT2D eigenvalue weighted by Gasteiger charge is 2.43. The maximum absolute atomic E-state index is 14.5. The molecular formula is C20H11F8N3. The first-order chi connectivity index (χ1) is 14.7. The van der Waals surface area contributed by atoms with Gasteiger partial charge in [-0.2, -0.15) is 27.5 Å². The molecule has 1 aromatic carbocycles. The zero-order chi connectivity index (χ0) is 22.4. The number of pyridine rings is 2. The summed E-state index contributed by atoms with van der Waals surface area (Å²) in [6.45, 7) is 0. The first-order valence-corrected chi connectivity index (χ1v) is 8.95. The minimum absolute atomic E-state index is 0.142. The molecule has 1 aliphatic rings. The Bertz CT molecular complexity index is 1030. The van der Waals surface area contributed by atoms with Crippen LogP contribution in [0.2, 0.25) is 0 Å². The van der Waals surface area contributed by atoms with Gasteiger partial charge in [0, 0.05) is 5.69 Å². The Morgan fingerprint density at radius 2 is 0.935 bits per heavy atom. The van der Waals surface area contributed by atoms with Crippen molar-refractivity contribution in [3.8, 4) is 0 Å². The Morgan fingerprint density at radius 1 is 0.581 bits per heavy atom. The third kappa shape index (κ3) is 3.37. The molecule has 0 radical (unpaired) electrons. The Hall–Kier alpha value is -3.24. The quantitative estimate of drug-likeness (QED) is 0.384. The van der Waals surface area contributed by atoms with Crippen molar-refractivity contribution < 1.29 is 35.1 Å². The second kappa shape index (κ2) is 7.78. The standard InChI is InChI=1S/C20H11F8N3/c21-13-11(14(22)18(26)29-17(13)25)9-6-7-10(31(9)8-4-2-1-3-5-8)12-15(23)19(27)30-20(28)16(12)24/h1-5,9-10H,6-7H2/t9-,10-/m1/s1. The lowest BCUT2D eigenvalue weighted by Gasteiger charge is -2.33. The van der Waals surface area contributed by atoms with Crippen LogP contribution in [0.3, 0.4) is 0 Å². The number of benzene rings is 1. The predicted molar refractivity (Wildman–Crippen MR) is 91.8 cm³/mol. The molecule has 3 heterocycles. The van der Waals surface area contributed by atoms with Gasteiger partial charge in [0.15, 0.2) is 23.3 Å². The molecule has 162 valence electrons. The molecule has 2 aromatic heterocycles. The maximum Gasteiger partial charge on any atom is 0.252 e. The number of hydrogen-bond donors (Lipinski definition) is 0. The van der Waals surface area contributed by atoms with E-state index in [0.29, 0.717) is 0 Å². The van der Waals surface area contributed by atoms with Crippen molar-refractivity contribution in [3.05, 3.63) is 88.5 Å². The molecule has 0 amide bonds. The second-order valence-corrected chi connectivity index (χ2v) is 6.82. The number of rotatable bonds is 3. The molecule has 11 heteroatoms. The monoisotopic (exact) mass is 445 g/mol. The summed E-state index contributed by atoms with van der Waals surface area (Å²) in [6.07, 6.45) is -0.499. The molecule has 0 saturated carbocycles. The predicted octanol–water partition coefficient (Wildman–Crippen LogP) is 5.67. The van der Waals surface area contributed by atoms with Crippen molar-refractivity contribution in [1.29, 1.82) is 0 Å². The van der Waals surface area contributed by atoms with Crippen LogP contribution in [0.1, 0.15) is 36.1 Å². The third-order valence-electron chi connectivity index (χ3n) is 5.17. The van der Waals surface area contributed by atoms with E-state index < -0.39 is 70.3 Å². The van der Waals surface area contributed by atoms with E-state index in [9.17, 15) is 35.1 Å². The molecule has 31 heavy (non-hydrogen) atoms. The lowest BCUT2D eigenvalue weighted by molar-refractivity contribution is 0.380. The van der Waals surface area contributed by atoms with E-state index in [0.717, 1.165) is 4.90 Å². The Kier molecular flexibility index (Phi) is 5.28. The molecule has 0 N–H and O–H groups in total. The number of aromatic nitrogens is 2. The third-order valence-corrected chi connectivity index (χ3v) is 5.17. The molecule has 3 nitrogen and oxygen atoms in total. The summed E-state index contributed by atoms with van der Waals surface area (Å²) in [6, 6.07) is 4.43. The lowest BCUT2D eigenvalue weighted by Crippen LogP contribution is -2.30. The molecule has 1 saturated heterocycles. The van der Waals surface area contributed by atoms with Gasteiger partial charge in [0.25, 0.3) is 23.8 Å². The number of halogens is 8. The van der Waals surface area contributed by atoms with Crippen molar-refractivity contribution in [2.45, 2.75) is 24.9 Å². The fourth-order valence-corrected chi connectivity index (χ4v) is 3.93. The summed E-state index contributed by atoms with van der Waals surface area (Å²) >= 11 is 0. The van der Waals surface area contributed by atoms with Crippen LogP contribution >= 0.6 is 0 Å². The van der Waals surface area contributed by atoms with Crippen LogP contribution in [-0.4, -0.2) is 9.97 Å². The maximum atomic E-state index is 14.5. The van der Waals surface area contributed by atoms with E-state index >= 15 is 0 Å². The van der Waals surface area contributed by atoms with Gasteiger partial charge in [0.2, 0.25) is 0 Å². The first-order valence-electron chi connectivity index (χ1n) is 8.95. The molecular weight excluding hydrogens is 434 g/mol. The number of para-hydroxylation sites is 1. The summed E-state index contributed by atoms with van der Waals surface area (Å²) in [5.41, 5.74) is -1.96. The zero-order valence-corrected chi connectivity index (χ0v) is 15.3. The van der Waals surface area contributed by atoms with Crippen LogP contribution in [0, 0.1) is 47.1 Å². The molecule has 1 aliphatic heterocycles. The number of hydrogen-bond acceptors (Lipinski definition) is 3. The van der Waals surface area contributed by atoms with Gasteiger partial charge in [-0.3, -0.25) is 0 Å². The van der Waals surface area contributed by atoms with E-state index in [4.69, 9.17) is 0 Å². The van der Waals surface area contributed by atoms with E-state index in [1.807, 2.05) is 0 Å². The molecule has 0 aliphatic carbocycles. The van der Waals surface area contributed by atoms with Gasteiger partial charge in [0.1, 0.15) is 0 Å². The minimum atomic E-state index is -1.90. The van der Waals surface area contributed by atoms with Crippen molar-refractivity contribution in [1.82, 2.24) is 9.97 Å².